The summed E-state index contributed by atoms with van der Waals surface area (Å²) in [7, 11) is 2.09. The summed E-state index contributed by atoms with van der Waals surface area (Å²) in [4.78, 5) is 14.6. The van der Waals surface area contributed by atoms with Crippen LogP contribution in [-0.4, -0.2) is 30.9 Å². The van der Waals surface area contributed by atoms with E-state index in [4.69, 9.17) is 0 Å². The van der Waals surface area contributed by atoms with Crippen LogP contribution in [0.2, 0.25) is 0 Å². The fourth-order valence-corrected chi connectivity index (χ4v) is 2.78. The number of rotatable bonds is 4. The van der Waals surface area contributed by atoms with Crippen LogP contribution in [0.3, 0.4) is 0 Å². The fraction of sp³-hybridized carbons (Fsp3) is 0.562. The summed E-state index contributed by atoms with van der Waals surface area (Å²) in [6, 6.07) is 10.4. The zero-order chi connectivity index (χ0) is 13.7. The van der Waals surface area contributed by atoms with Gasteiger partial charge < -0.3 is 10.2 Å². The number of nitrogens with one attached hydrogen (secondary N) is 1. The van der Waals surface area contributed by atoms with Gasteiger partial charge in [-0.15, -0.1) is 0 Å². The first-order chi connectivity index (χ1) is 9.20. The molecule has 1 amide bonds. The van der Waals surface area contributed by atoms with Crippen LogP contribution in [0.15, 0.2) is 30.3 Å². The third-order valence-corrected chi connectivity index (χ3v) is 3.92. The van der Waals surface area contributed by atoms with E-state index in [-0.39, 0.29) is 17.9 Å². The minimum absolute atomic E-state index is 0.140. The van der Waals surface area contributed by atoms with E-state index in [9.17, 15) is 4.79 Å². The Morgan fingerprint density at radius 3 is 2.79 bits per heavy atom. The molecule has 1 saturated heterocycles. The van der Waals surface area contributed by atoms with Crippen molar-refractivity contribution in [1.29, 1.82) is 0 Å². The standard InChI is InChI=1S/C16H24N2O/c1-3-15(13-8-5-4-6-9-13)17-16(19)14-10-7-11-18(2)12-14/h4-6,8-9,14-15H,3,7,10-12H2,1-2H3,(H,17,19)/t14-,15+/m1/s1. The largest absolute Gasteiger partial charge is 0.349 e. The topological polar surface area (TPSA) is 32.3 Å². The maximum atomic E-state index is 12.3. The van der Waals surface area contributed by atoms with E-state index in [1.165, 1.54) is 5.56 Å². The zero-order valence-electron chi connectivity index (χ0n) is 11.9. The van der Waals surface area contributed by atoms with Gasteiger partial charge in [0, 0.05) is 6.54 Å². The smallest absolute Gasteiger partial charge is 0.224 e. The van der Waals surface area contributed by atoms with E-state index >= 15 is 0 Å². The highest BCUT2D eigenvalue weighted by atomic mass is 16.2. The summed E-state index contributed by atoms with van der Waals surface area (Å²) in [6.45, 7) is 4.11. The number of hydrogen-bond donors (Lipinski definition) is 1. The molecule has 3 heteroatoms. The molecule has 2 rings (SSSR count). The summed E-state index contributed by atoms with van der Waals surface area (Å²) in [6.07, 6.45) is 3.07. The Balaban J connectivity index is 1.96. The second-order valence-electron chi connectivity index (χ2n) is 5.48. The average molecular weight is 260 g/mol. The van der Waals surface area contributed by atoms with Crippen LogP contribution in [0.5, 0.6) is 0 Å². The molecule has 1 N–H and O–H groups in total. The van der Waals surface area contributed by atoms with Crippen LogP contribution in [0, 0.1) is 5.92 Å². The predicted octanol–water partition coefficient (Wildman–Crippen LogP) is 2.60. The highest BCUT2D eigenvalue weighted by molar-refractivity contribution is 5.79. The first-order valence-corrected chi connectivity index (χ1v) is 7.24. The Labute approximate surface area is 116 Å². The van der Waals surface area contributed by atoms with Gasteiger partial charge in [-0.1, -0.05) is 37.3 Å². The molecule has 0 unspecified atom stereocenters. The third-order valence-electron chi connectivity index (χ3n) is 3.92. The molecule has 1 fully saturated rings. The van der Waals surface area contributed by atoms with Gasteiger partial charge in [0.2, 0.25) is 5.91 Å². The highest BCUT2D eigenvalue weighted by Gasteiger charge is 2.25. The van der Waals surface area contributed by atoms with Crippen molar-refractivity contribution >= 4 is 5.91 Å². The molecule has 0 aromatic heterocycles. The number of benzene rings is 1. The Hall–Kier alpha value is -1.35. The summed E-state index contributed by atoms with van der Waals surface area (Å²) >= 11 is 0. The van der Waals surface area contributed by atoms with Crippen LogP contribution < -0.4 is 5.32 Å². The monoisotopic (exact) mass is 260 g/mol. The van der Waals surface area contributed by atoms with Gasteiger partial charge in [0.05, 0.1) is 12.0 Å². The number of piperidine rings is 1. The van der Waals surface area contributed by atoms with Crippen molar-refractivity contribution in [3.63, 3.8) is 0 Å². The number of nitrogens with zero attached hydrogens (tertiary/aromatic N) is 1. The Bertz CT molecular complexity index is 404. The number of carbonyl (C=O) groups excluding carboxylic acids is 1. The quantitative estimate of drug-likeness (QED) is 0.902. The van der Waals surface area contributed by atoms with Crippen molar-refractivity contribution in [3.8, 4) is 0 Å². The molecular weight excluding hydrogens is 236 g/mol. The molecule has 1 aromatic rings. The van der Waals surface area contributed by atoms with Crippen molar-refractivity contribution < 1.29 is 4.79 Å². The second kappa shape index (κ2) is 6.71. The zero-order valence-corrected chi connectivity index (χ0v) is 11.9. The summed E-state index contributed by atoms with van der Waals surface area (Å²) in [5, 5.41) is 3.21. The predicted molar refractivity (Wildman–Crippen MR) is 77.8 cm³/mol. The van der Waals surface area contributed by atoms with Crippen molar-refractivity contribution in [2.45, 2.75) is 32.2 Å². The lowest BCUT2D eigenvalue weighted by atomic mass is 9.96. The van der Waals surface area contributed by atoms with E-state index in [0.717, 1.165) is 32.4 Å². The number of carbonyl (C=O) groups is 1. The lowest BCUT2D eigenvalue weighted by Gasteiger charge is -2.30. The molecule has 104 valence electrons. The summed E-state index contributed by atoms with van der Waals surface area (Å²) in [5.74, 6) is 0.360. The van der Waals surface area contributed by atoms with Crippen LogP contribution in [0.25, 0.3) is 0 Å². The molecule has 19 heavy (non-hydrogen) atoms. The minimum Gasteiger partial charge on any atom is -0.349 e. The summed E-state index contributed by atoms with van der Waals surface area (Å²) in [5.41, 5.74) is 1.20. The van der Waals surface area contributed by atoms with Gasteiger partial charge in [-0.25, -0.2) is 0 Å². The molecule has 1 aromatic carbocycles. The molecule has 2 atom stereocenters. The van der Waals surface area contributed by atoms with E-state index < -0.39 is 0 Å². The third kappa shape index (κ3) is 3.80. The maximum absolute atomic E-state index is 12.3. The molecule has 3 nitrogen and oxygen atoms in total. The van der Waals surface area contributed by atoms with Gasteiger partial charge in [0.25, 0.3) is 0 Å². The van der Waals surface area contributed by atoms with Crippen molar-refractivity contribution in [1.82, 2.24) is 10.2 Å². The lowest BCUT2D eigenvalue weighted by molar-refractivity contribution is -0.127. The number of hydrogen-bond acceptors (Lipinski definition) is 2. The molecule has 0 saturated carbocycles. The molecule has 0 bridgehead atoms. The SMILES string of the molecule is CC[C@H](NC(=O)[C@@H]1CCCN(C)C1)c1ccccc1. The summed E-state index contributed by atoms with van der Waals surface area (Å²) < 4.78 is 0. The number of likely N-dealkylation sites (tertiary alicyclic amines) is 1. The van der Waals surface area contributed by atoms with E-state index in [2.05, 4.69) is 36.3 Å². The van der Waals surface area contributed by atoms with Gasteiger partial charge >= 0.3 is 0 Å². The maximum Gasteiger partial charge on any atom is 0.224 e. The van der Waals surface area contributed by atoms with Gasteiger partial charge in [0.15, 0.2) is 0 Å². The lowest BCUT2D eigenvalue weighted by Crippen LogP contribution is -2.42. The van der Waals surface area contributed by atoms with Gasteiger partial charge in [-0.05, 0) is 38.4 Å². The molecular formula is C16H24N2O. The Morgan fingerprint density at radius 2 is 2.16 bits per heavy atom. The first-order valence-electron chi connectivity index (χ1n) is 7.24. The van der Waals surface area contributed by atoms with Crippen LogP contribution in [0.4, 0.5) is 0 Å². The van der Waals surface area contributed by atoms with E-state index in [0.29, 0.717) is 0 Å². The molecule has 0 radical (unpaired) electrons. The van der Waals surface area contributed by atoms with Crippen LogP contribution in [0.1, 0.15) is 37.8 Å². The Morgan fingerprint density at radius 1 is 1.42 bits per heavy atom. The molecule has 1 aliphatic heterocycles. The van der Waals surface area contributed by atoms with Crippen molar-refractivity contribution in [2.24, 2.45) is 5.92 Å². The molecule has 0 aliphatic carbocycles. The minimum atomic E-state index is 0.140. The highest BCUT2D eigenvalue weighted by Crippen LogP contribution is 2.20. The average Bonchev–Trinajstić information content (AvgIpc) is 2.45. The first kappa shape index (κ1) is 14.1. The molecule has 1 aliphatic rings. The second-order valence-corrected chi connectivity index (χ2v) is 5.48. The van der Waals surface area contributed by atoms with E-state index in [1.54, 1.807) is 0 Å². The Kier molecular flexibility index (Phi) is 4.97. The number of amides is 1. The molecule has 1 heterocycles. The van der Waals surface area contributed by atoms with Gasteiger partial charge in [-0.3, -0.25) is 4.79 Å². The van der Waals surface area contributed by atoms with Gasteiger partial charge in [-0.2, -0.15) is 0 Å². The van der Waals surface area contributed by atoms with Crippen LogP contribution in [-0.2, 0) is 4.79 Å². The normalized spacial score (nSPS) is 21.9. The fourth-order valence-electron chi connectivity index (χ4n) is 2.78. The van der Waals surface area contributed by atoms with Gasteiger partial charge in [0.1, 0.15) is 0 Å². The van der Waals surface area contributed by atoms with E-state index in [1.807, 2.05) is 18.2 Å². The van der Waals surface area contributed by atoms with Crippen molar-refractivity contribution in [3.05, 3.63) is 35.9 Å². The van der Waals surface area contributed by atoms with Crippen LogP contribution >= 0.6 is 0 Å². The molecule has 0 spiro atoms. The van der Waals surface area contributed by atoms with Crippen molar-refractivity contribution in [2.75, 3.05) is 20.1 Å².